The third-order valence-electron chi connectivity index (χ3n) is 4.68. The molecule has 0 spiro atoms. The molecule has 0 saturated heterocycles. The van der Waals surface area contributed by atoms with Crippen LogP contribution in [0.25, 0.3) is 21.3 Å². The lowest BCUT2D eigenvalue weighted by atomic mass is 10.1. The van der Waals surface area contributed by atoms with E-state index in [-0.39, 0.29) is 23.8 Å². The van der Waals surface area contributed by atoms with Crippen LogP contribution in [0.1, 0.15) is 0 Å². The number of thiophene rings is 1. The molecular weight excluding hydrogens is 421 g/mol. The summed E-state index contributed by atoms with van der Waals surface area (Å²) in [5.41, 5.74) is 2.24. The van der Waals surface area contributed by atoms with Crippen LogP contribution in [-0.4, -0.2) is 29.7 Å². The van der Waals surface area contributed by atoms with Gasteiger partial charge in [-0.2, -0.15) is 0 Å². The number of nitrogens with one attached hydrogen (secondary N) is 1. The van der Waals surface area contributed by atoms with Gasteiger partial charge in [0.1, 0.15) is 17.1 Å². The van der Waals surface area contributed by atoms with Gasteiger partial charge < -0.3 is 14.8 Å². The van der Waals surface area contributed by atoms with Crippen LogP contribution in [0.15, 0.2) is 59.0 Å². The van der Waals surface area contributed by atoms with Gasteiger partial charge >= 0.3 is 0 Å². The molecule has 0 aliphatic heterocycles. The van der Waals surface area contributed by atoms with Crippen LogP contribution in [0.2, 0.25) is 0 Å². The summed E-state index contributed by atoms with van der Waals surface area (Å²) in [6, 6.07) is 11.0. The number of carbonyl (C=O) groups excluding carboxylic acids is 1. The highest BCUT2D eigenvalue weighted by molar-refractivity contribution is 7.17. The van der Waals surface area contributed by atoms with Crippen molar-refractivity contribution >= 4 is 33.1 Å². The Kier molecular flexibility index (Phi) is 5.68. The molecule has 158 valence electrons. The molecule has 0 saturated carbocycles. The highest BCUT2D eigenvalue weighted by Crippen LogP contribution is 2.31. The van der Waals surface area contributed by atoms with Gasteiger partial charge in [-0.05, 0) is 29.8 Å². The first-order valence-electron chi connectivity index (χ1n) is 9.24. The van der Waals surface area contributed by atoms with E-state index < -0.39 is 0 Å². The van der Waals surface area contributed by atoms with Gasteiger partial charge in [0.25, 0.3) is 5.56 Å². The second-order valence-electron chi connectivity index (χ2n) is 6.63. The van der Waals surface area contributed by atoms with Gasteiger partial charge in [-0.1, -0.05) is 12.1 Å². The summed E-state index contributed by atoms with van der Waals surface area (Å²) < 4.78 is 25.3. The van der Waals surface area contributed by atoms with E-state index in [9.17, 15) is 14.0 Å². The lowest BCUT2D eigenvalue weighted by Crippen LogP contribution is -2.27. The monoisotopic (exact) mass is 439 g/mol. The minimum absolute atomic E-state index is 0.195. The maximum absolute atomic E-state index is 13.2. The molecule has 0 atom stereocenters. The van der Waals surface area contributed by atoms with Crippen molar-refractivity contribution in [2.45, 2.75) is 6.54 Å². The van der Waals surface area contributed by atoms with Gasteiger partial charge in [0, 0.05) is 22.7 Å². The number of fused-ring (bicyclic) bond motifs is 1. The van der Waals surface area contributed by atoms with Gasteiger partial charge in [-0.15, -0.1) is 11.3 Å². The van der Waals surface area contributed by atoms with Crippen molar-refractivity contribution in [3.8, 4) is 22.6 Å². The third-order valence-corrected chi connectivity index (χ3v) is 5.64. The Morgan fingerprint density at radius 3 is 2.58 bits per heavy atom. The Morgan fingerprint density at radius 2 is 1.87 bits per heavy atom. The number of amides is 1. The molecule has 2 aromatic heterocycles. The molecule has 0 fully saturated rings. The number of ether oxygens (including phenoxy) is 2. The predicted octanol–water partition coefficient (Wildman–Crippen LogP) is 3.92. The first kappa shape index (κ1) is 20.5. The summed E-state index contributed by atoms with van der Waals surface area (Å²) in [7, 11) is 3.03. The van der Waals surface area contributed by atoms with Crippen molar-refractivity contribution in [1.29, 1.82) is 0 Å². The summed E-state index contributed by atoms with van der Waals surface area (Å²) >= 11 is 1.24. The smallest absolute Gasteiger partial charge is 0.271 e. The first-order chi connectivity index (χ1) is 15.0. The van der Waals surface area contributed by atoms with Crippen LogP contribution < -0.4 is 20.3 Å². The number of methoxy groups -OCH3 is 2. The summed E-state index contributed by atoms with van der Waals surface area (Å²) in [5, 5.41) is 4.54. The Balaban J connectivity index is 1.56. The highest BCUT2D eigenvalue weighted by Gasteiger charge is 2.15. The van der Waals surface area contributed by atoms with Crippen LogP contribution in [0.5, 0.6) is 11.5 Å². The van der Waals surface area contributed by atoms with Crippen molar-refractivity contribution in [3.05, 3.63) is 70.3 Å². The van der Waals surface area contributed by atoms with E-state index in [1.54, 1.807) is 35.7 Å². The Hall–Kier alpha value is -3.72. The molecule has 1 N–H and O–H groups in total. The van der Waals surface area contributed by atoms with Crippen molar-refractivity contribution in [3.63, 3.8) is 0 Å². The molecule has 0 unspecified atom stereocenters. The fourth-order valence-corrected chi connectivity index (χ4v) is 4.13. The number of hydrogen-bond acceptors (Lipinski definition) is 6. The fraction of sp³-hybridized carbons (Fsp3) is 0.136. The summed E-state index contributed by atoms with van der Waals surface area (Å²) in [5.74, 6) is 0.304. The SMILES string of the molecule is COc1ccc(NC(=O)Cn2cnc3c(-c4ccc(F)cc4)csc3c2=O)cc1OC. The van der Waals surface area contributed by atoms with E-state index in [4.69, 9.17) is 9.47 Å². The molecule has 1 amide bonds. The lowest BCUT2D eigenvalue weighted by molar-refractivity contribution is -0.116. The number of rotatable bonds is 6. The van der Waals surface area contributed by atoms with Crippen LogP contribution in [-0.2, 0) is 11.3 Å². The molecule has 0 aliphatic rings. The molecule has 2 aromatic carbocycles. The fourth-order valence-electron chi connectivity index (χ4n) is 3.16. The Labute approximate surface area is 180 Å². The molecule has 4 rings (SSSR count). The van der Waals surface area contributed by atoms with E-state index in [0.29, 0.717) is 27.4 Å². The van der Waals surface area contributed by atoms with Crippen molar-refractivity contribution in [2.75, 3.05) is 19.5 Å². The third kappa shape index (κ3) is 4.13. The average Bonchev–Trinajstić information content (AvgIpc) is 3.21. The molecule has 2 heterocycles. The minimum atomic E-state index is -0.384. The first-order valence-corrected chi connectivity index (χ1v) is 10.1. The number of nitrogens with zero attached hydrogens (tertiary/aromatic N) is 2. The topological polar surface area (TPSA) is 82.5 Å². The molecule has 4 aromatic rings. The van der Waals surface area contributed by atoms with Gasteiger partial charge in [-0.3, -0.25) is 14.2 Å². The average molecular weight is 439 g/mol. The summed E-state index contributed by atoms with van der Waals surface area (Å²) in [4.78, 5) is 29.7. The van der Waals surface area contributed by atoms with Crippen LogP contribution >= 0.6 is 11.3 Å². The molecule has 31 heavy (non-hydrogen) atoms. The molecule has 7 nitrogen and oxygen atoms in total. The number of hydrogen-bond donors (Lipinski definition) is 1. The standard InChI is InChI=1S/C22H18FN3O4S/c1-29-17-8-7-15(9-18(17)30-2)25-19(27)10-26-12-24-20-16(11-31-21(20)22(26)28)13-3-5-14(23)6-4-13/h3-9,11-12H,10H2,1-2H3,(H,25,27). The van der Waals surface area contributed by atoms with E-state index in [2.05, 4.69) is 10.3 Å². The van der Waals surface area contributed by atoms with Gasteiger partial charge in [-0.25, -0.2) is 9.37 Å². The van der Waals surface area contributed by atoms with Crippen LogP contribution in [0, 0.1) is 5.82 Å². The van der Waals surface area contributed by atoms with E-state index in [1.165, 1.54) is 48.6 Å². The van der Waals surface area contributed by atoms with Crippen molar-refractivity contribution in [2.24, 2.45) is 0 Å². The van der Waals surface area contributed by atoms with Crippen LogP contribution in [0.4, 0.5) is 10.1 Å². The van der Waals surface area contributed by atoms with Gasteiger partial charge in [0.2, 0.25) is 5.91 Å². The maximum atomic E-state index is 13.2. The maximum Gasteiger partial charge on any atom is 0.271 e. The number of benzene rings is 2. The van der Waals surface area contributed by atoms with E-state index >= 15 is 0 Å². The molecule has 0 bridgehead atoms. The zero-order valence-electron chi connectivity index (χ0n) is 16.7. The predicted molar refractivity (Wildman–Crippen MR) is 117 cm³/mol. The largest absolute Gasteiger partial charge is 0.493 e. The van der Waals surface area contributed by atoms with E-state index in [1.807, 2.05) is 0 Å². The molecule has 0 radical (unpaired) electrons. The zero-order valence-corrected chi connectivity index (χ0v) is 17.5. The lowest BCUT2D eigenvalue weighted by Gasteiger charge is -2.11. The van der Waals surface area contributed by atoms with Gasteiger partial charge in [0.05, 0.1) is 26.1 Å². The van der Waals surface area contributed by atoms with Crippen molar-refractivity contribution < 1.29 is 18.7 Å². The van der Waals surface area contributed by atoms with E-state index in [0.717, 1.165) is 11.1 Å². The second kappa shape index (κ2) is 8.57. The van der Waals surface area contributed by atoms with Crippen LogP contribution in [0.3, 0.4) is 0 Å². The molecular formula is C22H18FN3O4S. The number of aromatic nitrogens is 2. The molecule has 0 aliphatic carbocycles. The second-order valence-corrected chi connectivity index (χ2v) is 7.51. The number of halogens is 1. The number of anilines is 1. The van der Waals surface area contributed by atoms with Gasteiger partial charge in [0.15, 0.2) is 11.5 Å². The normalized spacial score (nSPS) is 10.8. The Morgan fingerprint density at radius 1 is 1.13 bits per heavy atom. The Bertz CT molecular complexity index is 1310. The molecule has 9 heteroatoms. The quantitative estimate of drug-likeness (QED) is 0.492. The minimum Gasteiger partial charge on any atom is -0.493 e. The number of carbonyl (C=O) groups is 1. The summed E-state index contributed by atoms with van der Waals surface area (Å²) in [6.45, 7) is -0.195. The summed E-state index contributed by atoms with van der Waals surface area (Å²) in [6.07, 6.45) is 1.35. The van der Waals surface area contributed by atoms with Crippen molar-refractivity contribution in [1.82, 2.24) is 9.55 Å². The highest BCUT2D eigenvalue weighted by atomic mass is 32.1. The zero-order chi connectivity index (χ0) is 22.0.